The van der Waals surface area contributed by atoms with E-state index in [-0.39, 0.29) is 34.7 Å². The standard InChI is InChI=1S/C31H27N3O8S2/c1-21-12-14-25(26(16-21)32-43(38,39)20-28(35)23-8-4-2-5-9-23)17-22-13-15-27(34-19-30(36)33-44(34,40)41)29(18-22)42-31(37)24-10-6-3-7-11-24/h2-16,18-19,32-33,36H,17,20H2,1H3. The zero-order chi connectivity index (χ0) is 31.5. The lowest BCUT2D eigenvalue weighted by atomic mass is 10.0. The molecule has 1 aliphatic heterocycles. The van der Waals surface area contributed by atoms with Crippen molar-refractivity contribution in [3.63, 3.8) is 0 Å². The topological polar surface area (TPSA) is 159 Å². The van der Waals surface area contributed by atoms with Crippen LogP contribution < -0.4 is 18.5 Å². The molecule has 0 atom stereocenters. The molecule has 11 nitrogen and oxygen atoms in total. The SMILES string of the molecule is Cc1ccc(Cc2ccc(N3C=C(O)NS3(=O)=O)c(OC(=O)c3ccccc3)c2)c(NS(=O)(=O)CC(=O)c2ccccc2)c1. The van der Waals surface area contributed by atoms with E-state index in [1.54, 1.807) is 91.9 Å². The Bertz CT molecular complexity index is 1980. The highest BCUT2D eigenvalue weighted by Gasteiger charge is 2.32. The van der Waals surface area contributed by atoms with Gasteiger partial charge in [0.25, 0.3) is 0 Å². The maximum atomic E-state index is 13.0. The molecule has 226 valence electrons. The number of hydrogen-bond acceptors (Lipinski definition) is 8. The summed E-state index contributed by atoms with van der Waals surface area (Å²) < 4.78 is 62.1. The minimum atomic E-state index is -4.20. The van der Waals surface area contributed by atoms with Crippen LogP contribution in [0.3, 0.4) is 0 Å². The average molecular weight is 634 g/mol. The Morgan fingerprint density at radius 2 is 1.57 bits per heavy atom. The van der Waals surface area contributed by atoms with E-state index < -0.39 is 43.6 Å². The van der Waals surface area contributed by atoms with E-state index in [1.807, 2.05) is 4.72 Å². The lowest BCUT2D eigenvalue weighted by Gasteiger charge is -2.19. The van der Waals surface area contributed by atoms with Crippen molar-refractivity contribution in [3.8, 4) is 5.75 Å². The van der Waals surface area contributed by atoms with Crippen LogP contribution in [0.1, 0.15) is 37.4 Å². The largest absolute Gasteiger partial charge is 0.493 e. The molecule has 13 heteroatoms. The lowest BCUT2D eigenvalue weighted by Crippen LogP contribution is -2.30. The molecule has 0 fully saturated rings. The van der Waals surface area contributed by atoms with Crippen molar-refractivity contribution < 1.29 is 36.3 Å². The predicted octanol–water partition coefficient (Wildman–Crippen LogP) is 4.44. The van der Waals surface area contributed by atoms with Crippen molar-refractivity contribution in [1.82, 2.24) is 4.72 Å². The van der Waals surface area contributed by atoms with Gasteiger partial charge in [-0.05, 0) is 60.4 Å². The van der Waals surface area contributed by atoms with Crippen molar-refractivity contribution in [3.05, 3.63) is 137 Å². The summed E-state index contributed by atoms with van der Waals surface area (Å²) in [6.07, 6.45) is 1.08. The first kappa shape index (κ1) is 30.3. The number of aliphatic hydroxyl groups is 1. The number of aryl methyl sites for hydroxylation is 1. The van der Waals surface area contributed by atoms with Gasteiger partial charge in [-0.2, -0.15) is 8.42 Å². The molecule has 0 saturated carbocycles. The summed E-state index contributed by atoms with van der Waals surface area (Å²) in [6.45, 7) is 1.79. The third-order valence-corrected chi connectivity index (χ3v) is 9.01. The highest BCUT2D eigenvalue weighted by Crippen LogP contribution is 2.35. The molecule has 0 unspecified atom stereocenters. The van der Waals surface area contributed by atoms with Gasteiger partial charge in [0.2, 0.25) is 15.9 Å². The molecular weight excluding hydrogens is 606 g/mol. The number of rotatable bonds is 10. The molecule has 0 spiro atoms. The zero-order valence-corrected chi connectivity index (χ0v) is 24.9. The molecule has 0 aliphatic carbocycles. The number of sulfonamides is 1. The van der Waals surface area contributed by atoms with Gasteiger partial charge in [-0.1, -0.05) is 66.7 Å². The molecule has 0 radical (unpaired) electrons. The number of anilines is 2. The molecule has 0 saturated heterocycles. The number of ketones is 1. The number of ether oxygens (including phenoxy) is 1. The fourth-order valence-corrected chi connectivity index (χ4v) is 6.67. The molecule has 4 aromatic rings. The Morgan fingerprint density at radius 3 is 2.20 bits per heavy atom. The third kappa shape index (κ3) is 7.07. The molecule has 0 amide bonds. The van der Waals surface area contributed by atoms with Gasteiger partial charge in [0.15, 0.2) is 11.5 Å². The number of nitrogens with one attached hydrogen (secondary N) is 2. The first-order valence-corrected chi connectivity index (χ1v) is 16.3. The minimum absolute atomic E-state index is 0.0427. The summed E-state index contributed by atoms with van der Waals surface area (Å²) in [6, 6.07) is 25.8. The molecule has 1 heterocycles. The molecule has 44 heavy (non-hydrogen) atoms. The van der Waals surface area contributed by atoms with Gasteiger partial charge in [-0.25, -0.2) is 22.2 Å². The summed E-state index contributed by atoms with van der Waals surface area (Å²) in [5, 5.41) is 9.81. The Kier molecular flexibility index (Phi) is 8.43. The molecule has 3 N–H and O–H groups in total. The van der Waals surface area contributed by atoms with Gasteiger partial charge < -0.3 is 9.84 Å². The van der Waals surface area contributed by atoms with Crippen molar-refractivity contribution in [2.24, 2.45) is 0 Å². The van der Waals surface area contributed by atoms with Crippen LogP contribution in [0.2, 0.25) is 0 Å². The summed E-state index contributed by atoms with van der Waals surface area (Å²) in [7, 11) is -8.28. The van der Waals surface area contributed by atoms with Crippen LogP contribution in [-0.2, 0) is 26.7 Å². The van der Waals surface area contributed by atoms with Crippen molar-refractivity contribution in [2.75, 3.05) is 14.8 Å². The molecule has 4 aromatic carbocycles. The van der Waals surface area contributed by atoms with Gasteiger partial charge in [-0.3, -0.25) is 9.52 Å². The fraction of sp³-hybridized carbons (Fsp3) is 0.0968. The number of benzene rings is 4. The van der Waals surface area contributed by atoms with Gasteiger partial charge >= 0.3 is 16.2 Å². The molecule has 0 bridgehead atoms. The maximum absolute atomic E-state index is 13.0. The quantitative estimate of drug-likeness (QED) is 0.131. The zero-order valence-electron chi connectivity index (χ0n) is 23.3. The number of Topliss-reactive ketones (excluding diaryl/α,β-unsaturated/α-hetero) is 1. The molecule has 1 aliphatic rings. The van der Waals surface area contributed by atoms with E-state index in [9.17, 15) is 31.5 Å². The number of carbonyl (C=O) groups is 2. The van der Waals surface area contributed by atoms with E-state index in [2.05, 4.69) is 4.72 Å². The Hall–Kier alpha value is -5.14. The second-order valence-corrected chi connectivity index (χ2v) is 13.2. The normalized spacial score (nSPS) is 13.9. The van der Waals surface area contributed by atoms with Crippen molar-refractivity contribution >= 4 is 43.4 Å². The van der Waals surface area contributed by atoms with Crippen LogP contribution >= 0.6 is 0 Å². The van der Waals surface area contributed by atoms with Crippen LogP contribution in [0.25, 0.3) is 0 Å². The molecule has 5 rings (SSSR count). The summed E-state index contributed by atoms with van der Waals surface area (Å²) >= 11 is 0. The van der Waals surface area contributed by atoms with E-state index >= 15 is 0 Å². The van der Waals surface area contributed by atoms with Crippen LogP contribution in [0.4, 0.5) is 11.4 Å². The molecule has 0 aromatic heterocycles. The minimum Gasteiger partial charge on any atom is -0.493 e. The van der Waals surface area contributed by atoms with Crippen molar-refractivity contribution in [2.45, 2.75) is 13.3 Å². The highest BCUT2D eigenvalue weighted by molar-refractivity contribution is 7.93. The van der Waals surface area contributed by atoms with E-state index in [0.717, 1.165) is 16.1 Å². The van der Waals surface area contributed by atoms with Crippen molar-refractivity contribution in [1.29, 1.82) is 0 Å². The highest BCUT2D eigenvalue weighted by atomic mass is 32.2. The Morgan fingerprint density at radius 1 is 0.909 bits per heavy atom. The second-order valence-electron chi connectivity index (χ2n) is 9.96. The monoisotopic (exact) mass is 633 g/mol. The predicted molar refractivity (Wildman–Crippen MR) is 165 cm³/mol. The van der Waals surface area contributed by atoms with Gasteiger partial charge in [0.05, 0.1) is 17.5 Å². The first-order valence-electron chi connectivity index (χ1n) is 13.2. The van der Waals surface area contributed by atoms with Gasteiger partial charge in [0.1, 0.15) is 11.4 Å². The fourth-order valence-electron chi connectivity index (χ4n) is 4.50. The Labute approximate surface area is 254 Å². The van der Waals surface area contributed by atoms with Gasteiger partial charge in [0, 0.05) is 5.56 Å². The third-order valence-electron chi connectivity index (χ3n) is 6.55. The summed E-state index contributed by atoms with van der Waals surface area (Å²) in [5.41, 5.74) is 2.59. The molecular formula is C31H27N3O8S2. The average Bonchev–Trinajstić information content (AvgIpc) is 3.26. The van der Waals surface area contributed by atoms with Crippen LogP contribution in [0.15, 0.2) is 109 Å². The Balaban J connectivity index is 1.46. The number of nitrogens with zero attached hydrogens (tertiary/aromatic N) is 1. The number of hydrogen-bond donors (Lipinski definition) is 3. The van der Waals surface area contributed by atoms with Crippen LogP contribution in [-0.4, -0.2) is 39.4 Å². The number of aliphatic hydroxyl groups excluding tert-OH is 1. The number of esters is 1. The van der Waals surface area contributed by atoms with E-state index in [4.69, 9.17) is 4.74 Å². The summed E-state index contributed by atoms with van der Waals surface area (Å²) in [5.74, 6) is -2.78. The van der Waals surface area contributed by atoms with E-state index in [1.165, 1.54) is 12.1 Å². The lowest BCUT2D eigenvalue weighted by molar-refractivity contribution is 0.0735. The van der Waals surface area contributed by atoms with Crippen LogP contribution in [0, 0.1) is 6.92 Å². The smallest absolute Gasteiger partial charge is 0.343 e. The summed E-state index contributed by atoms with van der Waals surface area (Å²) in [4.78, 5) is 25.5. The maximum Gasteiger partial charge on any atom is 0.343 e. The second kappa shape index (κ2) is 12.2. The van der Waals surface area contributed by atoms with E-state index in [0.29, 0.717) is 11.1 Å². The van der Waals surface area contributed by atoms with Gasteiger partial charge in [-0.15, -0.1) is 0 Å². The van der Waals surface area contributed by atoms with Crippen LogP contribution in [0.5, 0.6) is 5.75 Å². The first-order chi connectivity index (χ1) is 20.9. The number of carbonyl (C=O) groups excluding carboxylic acids is 2.